The summed E-state index contributed by atoms with van der Waals surface area (Å²) >= 11 is 0. The number of hydrogen-bond acceptors (Lipinski definition) is 7. The topological polar surface area (TPSA) is 136 Å². The van der Waals surface area contributed by atoms with Gasteiger partial charge in [0.25, 0.3) is 0 Å². The van der Waals surface area contributed by atoms with Crippen LogP contribution in [0.1, 0.15) is 24.3 Å². The van der Waals surface area contributed by atoms with Crippen molar-refractivity contribution < 1.29 is 32.4 Å². The van der Waals surface area contributed by atoms with E-state index in [2.05, 4.69) is 9.89 Å². The van der Waals surface area contributed by atoms with E-state index in [0.29, 0.717) is 0 Å². The van der Waals surface area contributed by atoms with Crippen molar-refractivity contribution in [2.75, 3.05) is 7.11 Å². The highest BCUT2D eigenvalue weighted by atomic mass is 32.2. The summed E-state index contributed by atoms with van der Waals surface area (Å²) in [5.74, 6) is -1.97. The van der Waals surface area contributed by atoms with Crippen LogP contribution in [0.15, 0.2) is 9.42 Å². The van der Waals surface area contributed by atoms with Gasteiger partial charge in [-0.15, -0.1) is 0 Å². The summed E-state index contributed by atoms with van der Waals surface area (Å²) in [5, 5.41) is 12.5. The van der Waals surface area contributed by atoms with Crippen molar-refractivity contribution in [2.24, 2.45) is 0 Å². The molecule has 1 atom stereocenters. The summed E-state index contributed by atoms with van der Waals surface area (Å²) in [7, 11) is -2.96. The van der Waals surface area contributed by atoms with Gasteiger partial charge in [-0.2, -0.15) is 4.72 Å². The number of hydrogen-bond donors (Lipinski definition) is 2. The zero-order valence-electron chi connectivity index (χ0n) is 11.7. The van der Waals surface area contributed by atoms with E-state index in [1.54, 1.807) is 0 Å². The van der Waals surface area contributed by atoms with Crippen LogP contribution in [0.25, 0.3) is 0 Å². The Hall–Kier alpha value is -1.94. The Morgan fingerprint density at radius 2 is 2.05 bits per heavy atom. The second kappa shape index (κ2) is 6.68. The van der Waals surface area contributed by atoms with E-state index < -0.39 is 28.0 Å². The van der Waals surface area contributed by atoms with Gasteiger partial charge in [-0.05, 0) is 20.3 Å². The van der Waals surface area contributed by atoms with Crippen LogP contribution in [0.2, 0.25) is 0 Å². The van der Waals surface area contributed by atoms with Gasteiger partial charge in [0.05, 0.1) is 7.11 Å². The number of nitrogens with zero attached hydrogens (tertiary/aromatic N) is 1. The lowest BCUT2D eigenvalue weighted by molar-refractivity contribution is -0.142. The maximum atomic E-state index is 12.2. The minimum atomic E-state index is -4.12. The number of aromatic nitrogens is 1. The summed E-state index contributed by atoms with van der Waals surface area (Å²) < 4.78 is 35.5. The van der Waals surface area contributed by atoms with Crippen LogP contribution in [0.3, 0.4) is 0 Å². The summed E-state index contributed by atoms with van der Waals surface area (Å²) in [4.78, 5) is 21.9. The smallest absolute Gasteiger partial charge is 0.321 e. The Morgan fingerprint density at radius 3 is 2.48 bits per heavy atom. The number of carboxylic acid groups (broad SMARTS) is 1. The lowest BCUT2D eigenvalue weighted by Crippen LogP contribution is -2.41. The molecule has 0 radical (unpaired) electrons. The lowest BCUT2D eigenvalue weighted by atomic mass is 10.2. The molecule has 0 aromatic carbocycles. The number of carbonyl (C=O) groups is 2. The first-order chi connectivity index (χ1) is 9.69. The maximum absolute atomic E-state index is 12.2. The number of ether oxygens (including phenoxy) is 1. The quantitative estimate of drug-likeness (QED) is 0.669. The second-order valence-corrected chi connectivity index (χ2v) is 5.93. The molecule has 0 aliphatic rings. The summed E-state index contributed by atoms with van der Waals surface area (Å²) in [6, 6.07) is -1.46. The molecule has 0 aliphatic heterocycles. The highest BCUT2D eigenvalue weighted by molar-refractivity contribution is 7.89. The Kier molecular flexibility index (Phi) is 5.44. The predicted octanol–water partition coefficient (Wildman–Crippen LogP) is -0.0239. The standard InChI is InChI=1S/C11H16N2O7S/c1-6-10(7(2)20-12-6)21(17,18)13-8(11(15)16)4-5-9(14)19-3/h8,13H,4-5H2,1-3H3,(H,15,16). The van der Waals surface area contributed by atoms with E-state index >= 15 is 0 Å². The molecule has 0 saturated heterocycles. The number of carboxylic acids is 1. The number of nitrogens with one attached hydrogen (secondary N) is 1. The normalized spacial score (nSPS) is 12.9. The van der Waals surface area contributed by atoms with Crippen molar-refractivity contribution in [1.82, 2.24) is 9.88 Å². The van der Waals surface area contributed by atoms with Gasteiger partial charge in [0.1, 0.15) is 16.6 Å². The third-order valence-corrected chi connectivity index (χ3v) is 4.41. The molecule has 21 heavy (non-hydrogen) atoms. The number of methoxy groups -OCH3 is 1. The molecule has 0 aliphatic carbocycles. The molecule has 1 unspecified atom stereocenters. The van der Waals surface area contributed by atoms with Crippen LogP contribution in [-0.2, 0) is 24.3 Å². The fourth-order valence-electron chi connectivity index (χ4n) is 1.70. The van der Waals surface area contributed by atoms with E-state index in [1.165, 1.54) is 13.8 Å². The van der Waals surface area contributed by atoms with E-state index in [0.717, 1.165) is 7.11 Å². The Labute approximate surface area is 121 Å². The SMILES string of the molecule is COC(=O)CCC(NS(=O)(=O)c1c(C)noc1C)C(=O)O. The molecular weight excluding hydrogens is 304 g/mol. The summed E-state index contributed by atoms with van der Waals surface area (Å²) in [5.41, 5.74) is 0.122. The van der Waals surface area contributed by atoms with Crippen LogP contribution in [-0.4, -0.2) is 43.8 Å². The average Bonchev–Trinajstić information content (AvgIpc) is 2.73. The Morgan fingerprint density at radius 1 is 1.43 bits per heavy atom. The Balaban J connectivity index is 2.93. The first kappa shape index (κ1) is 17.1. The molecule has 0 bridgehead atoms. The van der Waals surface area contributed by atoms with E-state index in [4.69, 9.17) is 9.63 Å². The second-order valence-electron chi connectivity index (χ2n) is 4.28. The first-order valence-corrected chi connectivity index (χ1v) is 7.42. The van der Waals surface area contributed by atoms with Gasteiger partial charge in [-0.25, -0.2) is 8.42 Å². The van der Waals surface area contributed by atoms with Crippen LogP contribution in [0, 0.1) is 13.8 Å². The molecular formula is C11H16N2O7S. The van der Waals surface area contributed by atoms with Crippen molar-refractivity contribution in [2.45, 2.75) is 37.6 Å². The van der Waals surface area contributed by atoms with Crippen LogP contribution >= 0.6 is 0 Å². The molecule has 9 nitrogen and oxygen atoms in total. The van der Waals surface area contributed by atoms with Gasteiger partial charge in [0.15, 0.2) is 5.76 Å². The molecule has 0 spiro atoms. The maximum Gasteiger partial charge on any atom is 0.321 e. The van der Waals surface area contributed by atoms with E-state index in [1.807, 2.05) is 4.72 Å². The van der Waals surface area contributed by atoms with Crippen molar-refractivity contribution in [1.29, 1.82) is 0 Å². The molecule has 1 aromatic rings. The monoisotopic (exact) mass is 320 g/mol. The van der Waals surface area contributed by atoms with Crippen LogP contribution < -0.4 is 4.72 Å². The number of esters is 1. The van der Waals surface area contributed by atoms with Gasteiger partial charge < -0.3 is 14.4 Å². The first-order valence-electron chi connectivity index (χ1n) is 5.94. The van der Waals surface area contributed by atoms with Gasteiger partial charge in [-0.1, -0.05) is 5.16 Å². The number of sulfonamides is 1. The van der Waals surface area contributed by atoms with Crippen molar-refractivity contribution in [3.8, 4) is 0 Å². The predicted molar refractivity (Wildman–Crippen MR) is 69.0 cm³/mol. The molecule has 1 rings (SSSR count). The third kappa shape index (κ3) is 4.26. The van der Waals surface area contributed by atoms with Crippen molar-refractivity contribution >= 4 is 22.0 Å². The Bertz CT molecular complexity index is 615. The molecule has 118 valence electrons. The molecule has 10 heteroatoms. The minimum Gasteiger partial charge on any atom is -0.480 e. The van der Waals surface area contributed by atoms with Gasteiger partial charge in [-0.3, -0.25) is 9.59 Å². The summed E-state index contributed by atoms with van der Waals surface area (Å²) in [6.45, 7) is 2.83. The zero-order chi connectivity index (χ0) is 16.2. The minimum absolute atomic E-state index is 0.0529. The molecule has 0 fully saturated rings. The fourth-order valence-corrected chi connectivity index (χ4v) is 3.25. The van der Waals surface area contributed by atoms with Gasteiger partial charge in [0, 0.05) is 6.42 Å². The number of aliphatic carboxylic acids is 1. The van der Waals surface area contributed by atoms with Crippen LogP contribution in [0.4, 0.5) is 0 Å². The molecule has 1 heterocycles. The summed E-state index contributed by atoms with van der Waals surface area (Å²) in [6.07, 6.45) is -0.456. The highest BCUT2D eigenvalue weighted by Gasteiger charge is 2.30. The van der Waals surface area contributed by atoms with E-state index in [-0.39, 0.29) is 29.2 Å². The van der Waals surface area contributed by atoms with Gasteiger partial charge >= 0.3 is 11.9 Å². The molecule has 2 N–H and O–H groups in total. The van der Waals surface area contributed by atoms with Crippen LogP contribution in [0.5, 0.6) is 0 Å². The fraction of sp³-hybridized carbons (Fsp3) is 0.545. The van der Waals surface area contributed by atoms with Gasteiger partial charge in [0.2, 0.25) is 10.0 Å². The number of rotatable bonds is 7. The molecule has 0 amide bonds. The number of carbonyl (C=O) groups excluding carboxylic acids is 1. The highest BCUT2D eigenvalue weighted by Crippen LogP contribution is 2.19. The lowest BCUT2D eigenvalue weighted by Gasteiger charge is -2.14. The van der Waals surface area contributed by atoms with E-state index in [9.17, 15) is 18.0 Å². The third-order valence-electron chi connectivity index (χ3n) is 2.70. The molecule has 1 aromatic heterocycles. The van der Waals surface area contributed by atoms with Crippen molar-refractivity contribution in [3.05, 3.63) is 11.5 Å². The largest absolute Gasteiger partial charge is 0.480 e. The number of aryl methyl sites for hydroxylation is 2. The van der Waals surface area contributed by atoms with Crippen molar-refractivity contribution in [3.63, 3.8) is 0 Å². The zero-order valence-corrected chi connectivity index (χ0v) is 12.6. The average molecular weight is 320 g/mol. The molecule has 0 saturated carbocycles.